The van der Waals surface area contributed by atoms with Crippen LogP contribution in [0.1, 0.15) is 0 Å². The molecule has 1 aromatic heterocycles. The zero-order valence-corrected chi connectivity index (χ0v) is 11.4. The lowest BCUT2D eigenvalue weighted by Crippen LogP contribution is -2.20. The van der Waals surface area contributed by atoms with E-state index < -0.39 is 0 Å². The number of thioether (sulfide) groups is 1. The van der Waals surface area contributed by atoms with Crippen LogP contribution in [0.4, 0.5) is 0 Å². The first-order valence-electron chi connectivity index (χ1n) is 5.64. The van der Waals surface area contributed by atoms with Gasteiger partial charge in [0.05, 0.1) is 5.75 Å². The van der Waals surface area contributed by atoms with E-state index in [4.69, 9.17) is 0 Å². The summed E-state index contributed by atoms with van der Waals surface area (Å²) in [6.45, 7) is 0. The molecular formula is C12H14N4O2S. The van der Waals surface area contributed by atoms with Gasteiger partial charge in [0, 0.05) is 19.7 Å². The number of hydrogen-bond donors (Lipinski definition) is 2. The second kappa shape index (κ2) is 5.75. The highest BCUT2D eigenvalue weighted by atomic mass is 32.2. The van der Waals surface area contributed by atoms with Gasteiger partial charge in [-0.3, -0.25) is 4.79 Å². The number of hydrogen-bond acceptors (Lipinski definition) is 5. The first-order chi connectivity index (χ1) is 9.11. The fourth-order valence-electron chi connectivity index (χ4n) is 1.50. The van der Waals surface area contributed by atoms with E-state index in [1.807, 2.05) is 11.6 Å². The van der Waals surface area contributed by atoms with Gasteiger partial charge in [-0.15, -0.1) is 10.2 Å². The Kier molecular flexibility index (Phi) is 4.06. The molecule has 1 amide bonds. The molecule has 2 rings (SSSR count). The van der Waals surface area contributed by atoms with E-state index in [9.17, 15) is 9.90 Å². The average molecular weight is 278 g/mol. The number of rotatable bonds is 4. The lowest BCUT2D eigenvalue weighted by atomic mass is 10.2. The molecule has 0 unspecified atom stereocenters. The minimum atomic E-state index is -0.0563. The Morgan fingerprint density at radius 2 is 2.05 bits per heavy atom. The predicted molar refractivity (Wildman–Crippen MR) is 72.9 cm³/mol. The van der Waals surface area contributed by atoms with Crippen LogP contribution in [0.15, 0.2) is 29.4 Å². The molecule has 100 valence electrons. The van der Waals surface area contributed by atoms with Gasteiger partial charge in [0.15, 0.2) is 11.0 Å². The standard InChI is InChI=1S/C12H14N4O2S/c1-13-10(18)7-19-12-15-14-11(16(12)2)8-3-5-9(17)6-4-8/h3-6,17H,7H2,1-2H3,(H,13,18). The normalized spacial score (nSPS) is 10.4. The van der Waals surface area contributed by atoms with Crippen molar-refractivity contribution in [2.75, 3.05) is 12.8 Å². The molecule has 0 radical (unpaired) electrons. The largest absolute Gasteiger partial charge is 0.508 e. The Labute approximate surface area is 114 Å². The molecule has 2 N–H and O–H groups in total. The number of amides is 1. The Morgan fingerprint density at radius 1 is 1.37 bits per heavy atom. The Bertz CT molecular complexity index is 580. The second-order valence-corrected chi connectivity index (χ2v) is 4.82. The Hall–Kier alpha value is -2.02. The molecule has 0 aliphatic carbocycles. The molecule has 6 nitrogen and oxygen atoms in total. The SMILES string of the molecule is CNC(=O)CSc1nnc(-c2ccc(O)cc2)n1C. The van der Waals surface area contributed by atoms with E-state index >= 15 is 0 Å². The smallest absolute Gasteiger partial charge is 0.230 e. The highest BCUT2D eigenvalue weighted by Crippen LogP contribution is 2.23. The van der Waals surface area contributed by atoms with Gasteiger partial charge in [-0.05, 0) is 24.3 Å². The van der Waals surface area contributed by atoms with Crippen molar-refractivity contribution in [3.8, 4) is 17.1 Å². The van der Waals surface area contributed by atoms with Crippen molar-refractivity contribution in [3.63, 3.8) is 0 Å². The number of carbonyl (C=O) groups excluding carboxylic acids is 1. The van der Waals surface area contributed by atoms with Gasteiger partial charge >= 0.3 is 0 Å². The number of nitrogens with one attached hydrogen (secondary N) is 1. The summed E-state index contributed by atoms with van der Waals surface area (Å²) < 4.78 is 1.82. The quantitative estimate of drug-likeness (QED) is 0.816. The van der Waals surface area contributed by atoms with Crippen molar-refractivity contribution in [3.05, 3.63) is 24.3 Å². The molecule has 0 saturated carbocycles. The third-order valence-electron chi connectivity index (χ3n) is 2.57. The van der Waals surface area contributed by atoms with Gasteiger partial charge in [0.2, 0.25) is 5.91 Å². The molecule has 0 aliphatic rings. The molecule has 0 fully saturated rings. The Morgan fingerprint density at radius 3 is 2.68 bits per heavy atom. The maximum Gasteiger partial charge on any atom is 0.230 e. The third kappa shape index (κ3) is 3.05. The topological polar surface area (TPSA) is 80.0 Å². The van der Waals surface area contributed by atoms with Crippen molar-refractivity contribution < 1.29 is 9.90 Å². The number of aromatic nitrogens is 3. The zero-order valence-electron chi connectivity index (χ0n) is 10.6. The van der Waals surface area contributed by atoms with Crippen molar-refractivity contribution in [2.24, 2.45) is 7.05 Å². The fourth-order valence-corrected chi connectivity index (χ4v) is 2.29. The van der Waals surface area contributed by atoms with E-state index in [-0.39, 0.29) is 11.7 Å². The number of phenolic OH excluding ortho intramolecular Hbond substituents is 1. The third-order valence-corrected chi connectivity index (χ3v) is 3.59. The van der Waals surface area contributed by atoms with Gasteiger partial charge < -0.3 is 15.0 Å². The summed E-state index contributed by atoms with van der Waals surface area (Å²) in [6.07, 6.45) is 0. The molecule has 1 aromatic carbocycles. The van der Waals surface area contributed by atoms with Crippen LogP contribution in [0, 0.1) is 0 Å². The van der Waals surface area contributed by atoms with Crippen LogP contribution >= 0.6 is 11.8 Å². The van der Waals surface area contributed by atoms with Gasteiger partial charge in [0.25, 0.3) is 0 Å². The molecular weight excluding hydrogens is 264 g/mol. The van der Waals surface area contributed by atoms with Crippen molar-refractivity contribution >= 4 is 17.7 Å². The van der Waals surface area contributed by atoms with E-state index in [0.717, 1.165) is 5.56 Å². The Balaban J connectivity index is 2.18. The maximum atomic E-state index is 11.2. The molecule has 7 heteroatoms. The first kappa shape index (κ1) is 13.4. The van der Waals surface area contributed by atoms with Gasteiger partial charge in [-0.2, -0.15) is 0 Å². The zero-order chi connectivity index (χ0) is 13.8. The van der Waals surface area contributed by atoms with E-state index in [2.05, 4.69) is 15.5 Å². The van der Waals surface area contributed by atoms with E-state index in [1.165, 1.54) is 11.8 Å². The van der Waals surface area contributed by atoms with Crippen LogP contribution in [0.3, 0.4) is 0 Å². The summed E-state index contributed by atoms with van der Waals surface area (Å²) in [5.74, 6) is 1.15. The number of nitrogens with zero attached hydrogens (tertiary/aromatic N) is 3. The molecule has 0 spiro atoms. The van der Waals surface area contributed by atoms with Crippen LogP contribution in [0.5, 0.6) is 5.75 Å². The van der Waals surface area contributed by atoms with Crippen LogP contribution in [0.2, 0.25) is 0 Å². The van der Waals surface area contributed by atoms with E-state index in [1.54, 1.807) is 31.3 Å². The molecule has 0 bridgehead atoms. The average Bonchev–Trinajstić information content (AvgIpc) is 2.78. The minimum absolute atomic E-state index is 0.0563. The predicted octanol–water partition coefficient (Wildman–Crippen LogP) is 1.03. The number of phenols is 1. The van der Waals surface area contributed by atoms with Gasteiger partial charge in [-0.1, -0.05) is 11.8 Å². The lowest BCUT2D eigenvalue weighted by molar-refractivity contribution is -0.118. The number of carbonyl (C=O) groups is 1. The van der Waals surface area contributed by atoms with Gasteiger partial charge in [-0.25, -0.2) is 0 Å². The summed E-state index contributed by atoms with van der Waals surface area (Å²) in [6, 6.07) is 6.74. The first-order valence-corrected chi connectivity index (χ1v) is 6.62. The van der Waals surface area contributed by atoms with Crippen LogP contribution in [-0.2, 0) is 11.8 Å². The highest BCUT2D eigenvalue weighted by molar-refractivity contribution is 7.99. The number of benzene rings is 1. The molecule has 1 heterocycles. The highest BCUT2D eigenvalue weighted by Gasteiger charge is 2.12. The van der Waals surface area contributed by atoms with Crippen LogP contribution < -0.4 is 5.32 Å². The van der Waals surface area contributed by atoms with Crippen LogP contribution in [0.25, 0.3) is 11.4 Å². The summed E-state index contributed by atoms with van der Waals surface area (Å²) in [7, 11) is 3.44. The molecule has 19 heavy (non-hydrogen) atoms. The van der Waals surface area contributed by atoms with E-state index in [0.29, 0.717) is 16.7 Å². The monoisotopic (exact) mass is 278 g/mol. The van der Waals surface area contributed by atoms with Crippen molar-refractivity contribution in [1.29, 1.82) is 0 Å². The molecule has 2 aromatic rings. The van der Waals surface area contributed by atoms with Gasteiger partial charge in [0.1, 0.15) is 5.75 Å². The van der Waals surface area contributed by atoms with Crippen molar-refractivity contribution in [2.45, 2.75) is 5.16 Å². The summed E-state index contributed by atoms with van der Waals surface area (Å²) in [5, 5.41) is 20.6. The summed E-state index contributed by atoms with van der Waals surface area (Å²) in [5.41, 5.74) is 0.861. The molecule has 0 aliphatic heterocycles. The lowest BCUT2D eigenvalue weighted by Gasteiger charge is -2.03. The van der Waals surface area contributed by atoms with Crippen molar-refractivity contribution in [1.82, 2.24) is 20.1 Å². The second-order valence-electron chi connectivity index (χ2n) is 3.87. The van der Waals surface area contributed by atoms with Crippen LogP contribution in [-0.4, -0.2) is 38.6 Å². The number of aromatic hydroxyl groups is 1. The maximum absolute atomic E-state index is 11.2. The molecule has 0 atom stereocenters. The molecule has 0 saturated heterocycles. The summed E-state index contributed by atoms with van der Waals surface area (Å²) in [4.78, 5) is 11.2. The minimum Gasteiger partial charge on any atom is -0.508 e. The fraction of sp³-hybridized carbons (Fsp3) is 0.250. The summed E-state index contributed by atoms with van der Waals surface area (Å²) >= 11 is 1.33.